The Balaban J connectivity index is 1.35. The summed E-state index contributed by atoms with van der Waals surface area (Å²) in [5, 5.41) is 3.10. The predicted octanol–water partition coefficient (Wildman–Crippen LogP) is 3.34. The third kappa shape index (κ3) is 4.23. The fraction of sp³-hybridized carbons (Fsp3) is 0.464. The van der Waals surface area contributed by atoms with Gasteiger partial charge < -0.3 is 15.0 Å². The van der Waals surface area contributed by atoms with E-state index in [0.29, 0.717) is 30.6 Å². The monoisotopic (exact) mass is 490 g/mol. The Kier molecular flexibility index (Phi) is 6.71. The number of ether oxygens (including phenoxy) is 1. The number of fused-ring (bicyclic) bond motifs is 3. The molecule has 3 amide bonds. The number of anilines is 1. The van der Waals surface area contributed by atoms with Crippen LogP contribution in [0.1, 0.15) is 61.0 Å². The zero-order chi connectivity index (χ0) is 25.3. The summed E-state index contributed by atoms with van der Waals surface area (Å²) < 4.78 is 5.63. The number of piperidine rings is 1. The van der Waals surface area contributed by atoms with Crippen molar-refractivity contribution in [3.05, 3.63) is 59.7 Å². The van der Waals surface area contributed by atoms with E-state index >= 15 is 0 Å². The lowest BCUT2D eigenvalue weighted by Crippen LogP contribution is -2.64. The molecule has 3 aliphatic rings. The van der Waals surface area contributed by atoms with Gasteiger partial charge in [0.25, 0.3) is 5.91 Å². The maximum Gasteiger partial charge on any atom is 0.258 e. The average molecular weight is 491 g/mol. The first-order valence-corrected chi connectivity index (χ1v) is 12.8. The molecule has 0 radical (unpaired) electrons. The van der Waals surface area contributed by atoms with Crippen LogP contribution in [0.5, 0.6) is 5.75 Å². The number of nitrogens with zero attached hydrogens (tertiary/aromatic N) is 3. The molecule has 8 nitrogen and oxygen atoms in total. The molecule has 190 valence electrons. The van der Waals surface area contributed by atoms with Crippen LogP contribution in [0.25, 0.3) is 0 Å². The molecule has 1 N–H and O–H groups in total. The van der Waals surface area contributed by atoms with Crippen molar-refractivity contribution in [3.8, 4) is 5.75 Å². The topological polar surface area (TPSA) is 82.2 Å². The number of hydrogen-bond acceptors (Lipinski definition) is 5. The van der Waals surface area contributed by atoms with Crippen LogP contribution in [0.2, 0.25) is 0 Å². The Labute approximate surface area is 212 Å². The van der Waals surface area contributed by atoms with Crippen LogP contribution in [-0.2, 0) is 9.59 Å². The molecular weight excluding hydrogens is 456 g/mol. The number of nitrogens with one attached hydrogen (secondary N) is 1. The highest BCUT2D eigenvalue weighted by molar-refractivity contribution is 6.11. The maximum atomic E-state index is 13.5. The second-order valence-corrected chi connectivity index (χ2v) is 10.0. The summed E-state index contributed by atoms with van der Waals surface area (Å²) >= 11 is 0. The normalized spacial score (nSPS) is 22.7. The van der Waals surface area contributed by atoms with Crippen molar-refractivity contribution < 1.29 is 19.1 Å². The predicted molar refractivity (Wildman–Crippen MR) is 137 cm³/mol. The first kappa shape index (κ1) is 24.3. The van der Waals surface area contributed by atoms with Crippen molar-refractivity contribution in [2.24, 2.45) is 0 Å². The molecule has 2 aromatic rings. The second kappa shape index (κ2) is 9.93. The number of para-hydroxylation sites is 2. The lowest BCUT2D eigenvalue weighted by Gasteiger charge is -2.48. The van der Waals surface area contributed by atoms with Gasteiger partial charge >= 0.3 is 0 Å². The van der Waals surface area contributed by atoms with Crippen molar-refractivity contribution >= 4 is 23.4 Å². The lowest BCUT2D eigenvalue weighted by molar-refractivity contribution is -0.124. The van der Waals surface area contributed by atoms with Gasteiger partial charge in [-0.25, -0.2) is 0 Å². The fourth-order valence-electron chi connectivity index (χ4n) is 5.96. The number of methoxy groups -OCH3 is 1. The van der Waals surface area contributed by atoms with Gasteiger partial charge in [0.15, 0.2) is 0 Å². The second-order valence-electron chi connectivity index (χ2n) is 10.0. The van der Waals surface area contributed by atoms with E-state index in [9.17, 15) is 14.4 Å². The molecule has 2 fully saturated rings. The van der Waals surface area contributed by atoms with E-state index in [1.165, 1.54) is 6.42 Å². The summed E-state index contributed by atoms with van der Waals surface area (Å²) in [7, 11) is 1.67. The quantitative estimate of drug-likeness (QED) is 0.644. The molecule has 2 saturated heterocycles. The minimum atomic E-state index is -0.852. The molecule has 3 aliphatic heterocycles. The Morgan fingerprint density at radius 3 is 2.56 bits per heavy atom. The van der Waals surface area contributed by atoms with E-state index < -0.39 is 5.66 Å². The zero-order valence-electron chi connectivity index (χ0n) is 21.0. The van der Waals surface area contributed by atoms with Crippen molar-refractivity contribution in [2.75, 3.05) is 38.2 Å². The third-order valence-electron chi connectivity index (χ3n) is 7.87. The molecule has 0 saturated carbocycles. The highest BCUT2D eigenvalue weighted by Crippen LogP contribution is 2.43. The number of rotatable bonds is 7. The molecule has 0 aliphatic carbocycles. The summed E-state index contributed by atoms with van der Waals surface area (Å²) in [4.78, 5) is 45.2. The van der Waals surface area contributed by atoms with Crippen molar-refractivity contribution in [1.82, 2.24) is 15.1 Å². The van der Waals surface area contributed by atoms with Gasteiger partial charge in [-0.15, -0.1) is 0 Å². The third-order valence-corrected chi connectivity index (χ3v) is 7.87. The summed E-state index contributed by atoms with van der Waals surface area (Å²) in [6.45, 7) is 4.12. The SMILES string of the molecule is COc1ccccc1C(CNC(=O)CN1C(=O)c2ccccc2N2C(=O)CCC12C)N1CCCCC1. The van der Waals surface area contributed by atoms with Gasteiger partial charge in [0.2, 0.25) is 11.8 Å². The molecule has 36 heavy (non-hydrogen) atoms. The first-order valence-electron chi connectivity index (χ1n) is 12.8. The van der Waals surface area contributed by atoms with Crippen molar-refractivity contribution in [2.45, 2.75) is 50.7 Å². The van der Waals surface area contributed by atoms with Gasteiger partial charge in [-0.3, -0.25) is 24.2 Å². The van der Waals surface area contributed by atoms with Crippen LogP contribution in [0, 0.1) is 0 Å². The molecule has 2 aromatic carbocycles. The number of carbonyl (C=O) groups is 3. The summed E-state index contributed by atoms with van der Waals surface area (Å²) in [6.07, 6.45) is 4.32. The fourth-order valence-corrected chi connectivity index (χ4v) is 5.96. The molecule has 3 heterocycles. The number of carbonyl (C=O) groups excluding carboxylic acids is 3. The van der Waals surface area contributed by atoms with E-state index in [4.69, 9.17) is 4.74 Å². The van der Waals surface area contributed by atoms with Crippen LogP contribution in [-0.4, -0.2) is 66.5 Å². The van der Waals surface area contributed by atoms with Gasteiger partial charge in [0.05, 0.1) is 24.4 Å². The summed E-state index contributed by atoms with van der Waals surface area (Å²) in [5.74, 6) is 0.327. The van der Waals surface area contributed by atoms with Gasteiger partial charge in [-0.2, -0.15) is 0 Å². The molecule has 0 aromatic heterocycles. The molecule has 0 spiro atoms. The molecule has 2 unspecified atom stereocenters. The Morgan fingerprint density at radius 2 is 1.78 bits per heavy atom. The Bertz CT molecular complexity index is 1160. The minimum Gasteiger partial charge on any atom is -0.496 e. The van der Waals surface area contributed by atoms with Gasteiger partial charge in [0, 0.05) is 18.5 Å². The van der Waals surface area contributed by atoms with Crippen LogP contribution in [0.4, 0.5) is 5.69 Å². The van der Waals surface area contributed by atoms with Gasteiger partial charge in [-0.05, 0) is 57.5 Å². The average Bonchev–Trinajstić information content (AvgIpc) is 3.22. The standard InChI is InChI=1S/C28H34N4O4/c1-28-15-14-26(34)32(28)22-12-6-4-11-21(22)27(35)31(28)19-25(33)29-18-23(30-16-8-3-9-17-30)20-10-5-7-13-24(20)36-2/h4-7,10-13,23H,3,8-9,14-19H2,1-2H3,(H,29,33). The van der Waals surface area contributed by atoms with E-state index in [2.05, 4.69) is 16.3 Å². The van der Waals surface area contributed by atoms with E-state index in [1.807, 2.05) is 37.3 Å². The zero-order valence-corrected chi connectivity index (χ0v) is 21.0. The largest absolute Gasteiger partial charge is 0.496 e. The highest BCUT2D eigenvalue weighted by atomic mass is 16.5. The van der Waals surface area contributed by atoms with Crippen LogP contribution in [0.3, 0.4) is 0 Å². The van der Waals surface area contributed by atoms with Crippen LogP contribution < -0.4 is 15.0 Å². The Morgan fingerprint density at radius 1 is 1.06 bits per heavy atom. The lowest BCUT2D eigenvalue weighted by atomic mass is 9.98. The van der Waals surface area contributed by atoms with Crippen molar-refractivity contribution in [3.63, 3.8) is 0 Å². The molecular formula is C28H34N4O4. The van der Waals surface area contributed by atoms with E-state index in [0.717, 1.165) is 37.2 Å². The van der Waals surface area contributed by atoms with Crippen molar-refractivity contribution in [1.29, 1.82) is 0 Å². The molecule has 5 rings (SSSR count). The smallest absolute Gasteiger partial charge is 0.258 e. The highest BCUT2D eigenvalue weighted by Gasteiger charge is 2.53. The number of hydrogen-bond donors (Lipinski definition) is 1. The minimum absolute atomic E-state index is 0.0239. The van der Waals surface area contributed by atoms with Gasteiger partial charge in [0.1, 0.15) is 18.0 Å². The number of amides is 3. The summed E-state index contributed by atoms with van der Waals surface area (Å²) in [5.41, 5.74) is 1.28. The molecule has 8 heteroatoms. The van der Waals surface area contributed by atoms with Gasteiger partial charge in [-0.1, -0.05) is 36.8 Å². The maximum absolute atomic E-state index is 13.5. The first-order chi connectivity index (χ1) is 17.4. The molecule has 0 bridgehead atoms. The number of likely N-dealkylation sites (tertiary alicyclic amines) is 1. The van der Waals surface area contributed by atoms with Crippen LogP contribution >= 0.6 is 0 Å². The van der Waals surface area contributed by atoms with Crippen LogP contribution in [0.15, 0.2) is 48.5 Å². The summed E-state index contributed by atoms with van der Waals surface area (Å²) in [6, 6.07) is 15.1. The number of benzene rings is 2. The molecule has 2 atom stereocenters. The Hall–Kier alpha value is -3.39. The van der Waals surface area contributed by atoms with E-state index in [1.54, 1.807) is 29.0 Å². The van der Waals surface area contributed by atoms with E-state index in [-0.39, 0.29) is 30.3 Å².